The molecule has 6 rings (SSSR count). The molecule has 3 aliphatic carbocycles. The Morgan fingerprint density at radius 2 is 1.89 bits per heavy atom. The molecule has 1 saturated heterocycles. The number of carbonyl (C=O) groups excluding carboxylic acids is 5. The molecule has 0 bridgehead atoms. The first kappa shape index (κ1) is 39.1. The van der Waals surface area contributed by atoms with Gasteiger partial charge in [0.25, 0.3) is 0 Å². The fourth-order valence-electron chi connectivity index (χ4n) is 7.39. The Morgan fingerprint density at radius 3 is 2.50 bits per heavy atom. The molecule has 5 atom stereocenters. The van der Waals surface area contributed by atoms with Crippen LogP contribution < -0.4 is 14.2 Å². The van der Waals surface area contributed by atoms with Crippen LogP contribution in [0.1, 0.15) is 85.0 Å². The van der Waals surface area contributed by atoms with E-state index in [0.717, 1.165) is 11.8 Å². The number of Topliss-reactive ketones (excluding diaryl/α,β-unsaturated/α-hetero) is 2. The summed E-state index contributed by atoms with van der Waals surface area (Å²) in [6.07, 6.45) is 6.47. The SMILES string of the molecule is C=C[C@@H]1C[C@]1(CC(=O)[C@@H]1C[C@@H](Oc2nccc3cc(OC)ccc23)CN1C(=O)[C@H](CCC(=O)C1=CCC1)CC(=O)OC(C)(C)C)C(=O)NS(=O)(=O)C1CC1. The number of nitrogens with one attached hydrogen (secondary N) is 1. The zero-order chi connectivity index (χ0) is 39.0. The lowest BCUT2D eigenvalue weighted by Gasteiger charge is -2.29. The molecular weight excluding hydrogens is 715 g/mol. The van der Waals surface area contributed by atoms with E-state index in [-0.39, 0.29) is 50.9 Å². The number of rotatable bonds is 17. The van der Waals surface area contributed by atoms with Crippen molar-refractivity contribution in [2.24, 2.45) is 17.3 Å². The van der Waals surface area contributed by atoms with Gasteiger partial charge >= 0.3 is 5.97 Å². The minimum Gasteiger partial charge on any atom is -0.497 e. The first-order chi connectivity index (χ1) is 25.5. The quantitative estimate of drug-likeness (QED) is 0.174. The van der Waals surface area contributed by atoms with E-state index in [9.17, 15) is 32.4 Å². The monoisotopic (exact) mass is 763 g/mol. The average molecular weight is 764 g/mol. The van der Waals surface area contributed by atoms with Gasteiger partial charge in [0.2, 0.25) is 27.7 Å². The van der Waals surface area contributed by atoms with Crippen LogP contribution in [0.4, 0.5) is 0 Å². The molecule has 2 saturated carbocycles. The van der Waals surface area contributed by atoms with Gasteiger partial charge in [-0.05, 0) is 100 Å². The van der Waals surface area contributed by atoms with Crippen molar-refractivity contribution in [1.29, 1.82) is 0 Å². The van der Waals surface area contributed by atoms with E-state index in [1.807, 2.05) is 24.3 Å². The normalized spacial score (nSPS) is 24.1. The molecule has 0 unspecified atom stereocenters. The number of ether oxygens (including phenoxy) is 3. The van der Waals surface area contributed by atoms with Crippen LogP contribution in [0.3, 0.4) is 0 Å². The van der Waals surface area contributed by atoms with Crippen LogP contribution in [-0.4, -0.2) is 84.3 Å². The highest BCUT2D eigenvalue weighted by atomic mass is 32.2. The molecule has 2 aromatic rings. The maximum absolute atomic E-state index is 14.6. The summed E-state index contributed by atoms with van der Waals surface area (Å²) in [7, 11) is -2.31. The number of allylic oxidation sites excluding steroid dienone is 3. The first-order valence-corrected chi connectivity index (χ1v) is 20.1. The van der Waals surface area contributed by atoms with Crippen molar-refractivity contribution < 1.29 is 46.6 Å². The average Bonchev–Trinajstić information content (AvgIpc) is 4.01. The number of fused-ring (bicyclic) bond motifs is 1. The molecule has 3 fully saturated rings. The van der Waals surface area contributed by atoms with Crippen LogP contribution in [0.25, 0.3) is 10.8 Å². The second kappa shape index (κ2) is 15.3. The van der Waals surface area contributed by atoms with Crippen LogP contribution in [0.15, 0.2) is 54.8 Å². The molecule has 1 N–H and O–H groups in total. The van der Waals surface area contributed by atoms with Crippen LogP contribution >= 0.6 is 0 Å². The van der Waals surface area contributed by atoms with Crippen molar-refractivity contribution in [2.75, 3.05) is 13.7 Å². The van der Waals surface area contributed by atoms with Gasteiger partial charge in [0.1, 0.15) is 17.5 Å². The summed E-state index contributed by atoms with van der Waals surface area (Å²) >= 11 is 0. The zero-order valence-electron chi connectivity index (χ0n) is 31.3. The van der Waals surface area contributed by atoms with E-state index < -0.39 is 73.8 Å². The third-order valence-electron chi connectivity index (χ3n) is 10.8. The van der Waals surface area contributed by atoms with Gasteiger partial charge in [-0.3, -0.25) is 28.7 Å². The van der Waals surface area contributed by atoms with Crippen LogP contribution in [0, 0.1) is 17.3 Å². The summed E-state index contributed by atoms with van der Waals surface area (Å²) in [6, 6.07) is 6.16. The number of carbonyl (C=O) groups is 5. The van der Waals surface area contributed by atoms with Gasteiger partial charge in [-0.25, -0.2) is 13.4 Å². The summed E-state index contributed by atoms with van der Waals surface area (Å²) in [6.45, 7) is 8.93. The lowest BCUT2D eigenvalue weighted by atomic mass is 9.88. The third kappa shape index (κ3) is 8.69. The minimum absolute atomic E-state index is 0.0342. The van der Waals surface area contributed by atoms with Gasteiger partial charge in [-0.1, -0.05) is 12.2 Å². The number of nitrogens with zero attached hydrogens (tertiary/aromatic N) is 2. The molecule has 14 heteroatoms. The Balaban J connectivity index is 1.28. The molecule has 54 heavy (non-hydrogen) atoms. The minimum atomic E-state index is -3.88. The Morgan fingerprint density at radius 1 is 1.15 bits per heavy atom. The highest BCUT2D eigenvalue weighted by Crippen LogP contribution is 2.57. The van der Waals surface area contributed by atoms with E-state index >= 15 is 0 Å². The third-order valence-corrected chi connectivity index (χ3v) is 12.6. The zero-order valence-corrected chi connectivity index (χ0v) is 32.1. The summed E-state index contributed by atoms with van der Waals surface area (Å²) < 4.78 is 45.0. The topological polar surface area (TPSA) is 175 Å². The van der Waals surface area contributed by atoms with E-state index in [1.165, 1.54) is 4.90 Å². The molecule has 2 heterocycles. The van der Waals surface area contributed by atoms with Crippen molar-refractivity contribution in [3.8, 4) is 11.6 Å². The smallest absolute Gasteiger partial charge is 0.307 e. The molecular formula is C40H49N3O10S. The van der Waals surface area contributed by atoms with Crippen LogP contribution in [0.5, 0.6) is 11.6 Å². The van der Waals surface area contributed by atoms with Crippen molar-refractivity contribution in [2.45, 2.75) is 108 Å². The molecule has 2 amide bonds. The standard InChI is InChI=1S/C40H49N3O10S/c1-6-27-21-40(27,38(48)42-54(49,50)30-12-13-30)22-34(45)32-20-29(52-36-31-14-11-28(51-5)18-25(31)16-17-41-36)23-43(32)37(47)26(19-35(46)53-39(2,3)4)10-15-33(44)24-8-7-9-24/h6,8,11,14,16-18,26-27,29-30,32H,1,7,9-10,12-13,15,19-23H2,2-5H3,(H,42,48)/t26-,27-,29-,32+,40-/m1/s1. The molecule has 1 aromatic heterocycles. The van der Waals surface area contributed by atoms with Gasteiger partial charge in [-0.15, -0.1) is 6.58 Å². The summed E-state index contributed by atoms with van der Waals surface area (Å²) in [5.41, 5.74) is -1.44. The largest absolute Gasteiger partial charge is 0.497 e. The second-order valence-corrected chi connectivity index (χ2v) is 17.9. The fourth-order valence-corrected chi connectivity index (χ4v) is 8.77. The summed E-state index contributed by atoms with van der Waals surface area (Å²) in [4.78, 5) is 74.4. The van der Waals surface area contributed by atoms with Crippen molar-refractivity contribution in [1.82, 2.24) is 14.6 Å². The van der Waals surface area contributed by atoms with Gasteiger partial charge in [0, 0.05) is 36.8 Å². The van der Waals surface area contributed by atoms with Gasteiger partial charge < -0.3 is 19.1 Å². The number of methoxy groups -OCH3 is 1. The Kier molecular flexibility index (Phi) is 11.1. The summed E-state index contributed by atoms with van der Waals surface area (Å²) in [5.74, 6) is -2.88. The molecule has 1 aliphatic heterocycles. The van der Waals surface area contributed by atoms with E-state index in [4.69, 9.17) is 14.2 Å². The molecule has 1 aromatic carbocycles. The molecule has 290 valence electrons. The lowest BCUT2D eigenvalue weighted by Crippen LogP contribution is -2.46. The number of likely N-dealkylation sites (tertiary alicyclic amines) is 1. The van der Waals surface area contributed by atoms with Gasteiger partial charge in [-0.2, -0.15) is 0 Å². The van der Waals surface area contributed by atoms with E-state index in [2.05, 4.69) is 16.3 Å². The van der Waals surface area contributed by atoms with Crippen molar-refractivity contribution in [3.05, 3.63) is 54.8 Å². The number of sulfonamides is 1. The number of ketones is 2. The number of benzene rings is 1. The molecule has 4 aliphatic rings. The van der Waals surface area contributed by atoms with E-state index in [0.29, 0.717) is 41.9 Å². The number of aromatic nitrogens is 1. The van der Waals surface area contributed by atoms with Crippen LogP contribution in [0.2, 0.25) is 0 Å². The molecule has 0 radical (unpaired) electrons. The highest BCUT2D eigenvalue weighted by Gasteiger charge is 2.61. The number of pyridine rings is 1. The van der Waals surface area contributed by atoms with Crippen molar-refractivity contribution >= 4 is 50.1 Å². The predicted octanol–water partition coefficient (Wildman–Crippen LogP) is 4.77. The van der Waals surface area contributed by atoms with Gasteiger partial charge in [0.05, 0.1) is 36.8 Å². The van der Waals surface area contributed by atoms with E-state index in [1.54, 1.807) is 46.2 Å². The number of hydrogen-bond acceptors (Lipinski definition) is 11. The fraction of sp³-hybridized carbons (Fsp3) is 0.550. The molecule has 0 spiro atoms. The lowest BCUT2D eigenvalue weighted by molar-refractivity contribution is -0.159. The first-order valence-electron chi connectivity index (χ1n) is 18.6. The second-order valence-electron chi connectivity index (χ2n) is 15.9. The predicted molar refractivity (Wildman–Crippen MR) is 199 cm³/mol. The number of esters is 1. The van der Waals surface area contributed by atoms with Crippen molar-refractivity contribution in [3.63, 3.8) is 0 Å². The highest BCUT2D eigenvalue weighted by molar-refractivity contribution is 7.90. The Labute approximate surface area is 315 Å². The van der Waals surface area contributed by atoms with Gasteiger partial charge in [0.15, 0.2) is 11.6 Å². The Bertz CT molecular complexity index is 2000. The number of hydrogen-bond donors (Lipinski definition) is 1. The molecule has 13 nitrogen and oxygen atoms in total. The maximum Gasteiger partial charge on any atom is 0.307 e. The summed E-state index contributed by atoms with van der Waals surface area (Å²) in [5, 5.41) is 0.867. The Hall–Kier alpha value is -4.59. The number of amides is 2. The maximum atomic E-state index is 14.6. The van der Waals surface area contributed by atoms with Crippen LogP contribution in [-0.2, 0) is 38.7 Å².